The molecule has 1 unspecified atom stereocenters. The van der Waals surface area contributed by atoms with Crippen molar-refractivity contribution in [2.45, 2.75) is 28.9 Å². The van der Waals surface area contributed by atoms with Gasteiger partial charge < -0.3 is 0 Å². The third-order valence-corrected chi connectivity index (χ3v) is 1.82. The molecule has 0 aliphatic heterocycles. The van der Waals surface area contributed by atoms with Crippen molar-refractivity contribution in [3.05, 3.63) is 0 Å². The Morgan fingerprint density at radius 1 is 1.33 bits per heavy atom. The van der Waals surface area contributed by atoms with Gasteiger partial charge in [0.2, 0.25) is 0 Å². The molecule has 0 aromatic carbocycles. The topological polar surface area (TPSA) is 0 Å². The molecule has 0 aromatic heterocycles. The fourth-order valence-electron chi connectivity index (χ4n) is 0.395. The number of rotatable bonds is 2. The van der Waals surface area contributed by atoms with E-state index in [-0.39, 0.29) is 5.38 Å². The molecule has 0 saturated heterocycles. The second-order valence-corrected chi connectivity index (χ2v) is 4.96. The van der Waals surface area contributed by atoms with Crippen LogP contribution in [-0.4, -0.2) is 9.17 Å². The van der Waals surface area contributed by atoms with Crippen LogP contribution >= 0.6 is 46.4 Å². The Bertz CT molecular complexity index is 75.5. The van der Waals surface area contributed by atoms with Crippen LogP contribution in [-0.2, 0) is 0 Å². The Labute approximate surface area is 75.4 Å². The van der Waals surface area contributed by atoms with Gasteiger partial charge in [-0.15, -0.1) is 11.6 Å². The van der Waals surface area contributed by atoms with E-state index >= 15 is 0 Å². The normalized spacial score (nSPS) is 15.7. The van der Waals surface area contributed by atoms with Crippen LogP contribution in [0.5, 0.6) is 0 Å². The largest absolute Gasteiger partial charge is 0.192 e. The van der Waals surface area contributed by atoms with E-state index in [0.717, 1.165) is 6.42 Å². The van der Waals surface area contributed by atoms with Crippen molar-refractivity contribution in [3.8, 4) is 0 Å². The van der Waals surface area contributed by atoms with E-state index in [2.05, 4.69) is 0 Å². The van der Waals surface area contributed by atoms with Crippen molar-refractivity contribution in [2.75, 3.05) is 0 Å². The van der Waals surface area contributed by atoms with Gasteiger partial charge in [-0.05, 0) is 6.42 Å². The van der Waals surface area contributed by atoms with E-state index in [1.165, 1.54) is 0 Å². The molecule has 0 aliphatic carbocycles. The SMILES string of the molecule is CCC(Cl)CC(Cl)(Cl)Cl. The zero-order valence-corrected chi connectivity index (χ0v) is 8.03. The summed E-state index contributed by atoms with van der Waals surface area (Å²) in [7, 11) is 0. The monoisotopic (exact) mass is 208 g/mol. The smallest absolute Gasteiger partial charge is 0.123 e. The molecule has 0 radical (unpaired) electrons. The highest BCUT2D eigenvalue weighted by Crippen LogP contribution is 2.33. The maximum absolute atomic E-state index is 5.70. The summed E-state index contributed by atoms with van der Waals surface area (Å²) in [5, 5.41) is -0.0301. The molecule has 0 aliphatic rings. The zero-order chi connectivity index (χ0) is 7.49. The van der Waals surface area contributed by atoms with Gasteiger partial charge in [0.1, 0.15) is 0 Å². The van der Waals surface area contributed by atoms with Gasteiger partial charge in [0, 0.05) is 11.8 Å². The lowest BCUT2D eigenvalue weighted by Gasteiger charge is -2.13. The fourth-order valence-corrected chi connectivity index (χ4v) is 1.42. The van der Waals surface area contributed by atoms with Crippen LogP contribution in [0.1, 0.15) is 19.8 Å². The molecule has 0 heterocycles. The Morgan fingerprint density at radius 3 is 1.89 bits per heavy atom. The molecule has 9 heavy (non-hydrogen) atoms. The first-order chi connectivity index (χ1) is 3.95. The van der Waals surface area contributed by atoms with Crippen molar-refractivity contribution in [3.63, 3.8) is 0 Å². The van der Waals surface area contributed by atoms with Crippen molar-refractivity contribution >= 4 is 46.4 Å². The average molecular weight is 210 g/mol. The summed E-state index contributed by atoms with van der Waals surface area (Å²) in [6, 6.07) is 0. The van der Waals surface area contributed by atoms with Crippen molar-refractivity contribution in [1.29, 1.82) is 0 Å². The zero-order valence-electron chi connectivity index (χ0n) is 5.00. The van der Waals surface area contributed by atoms with E-state index < -0.39 is 3.79 Å². The molecular weight excluding hydrogens is 202 g/mol. The second-order valence-electron chi connectivity index (χ2n) is 1.82. The first kappa shape index (κ1) is 10.2. The van der Waals surface area contributed by atoms with Crippen molar-refractivity contribution in [1.82, 2.24) is 0 Å². The number of hydrogen-bond donors (Lipinski definition) is 0. The number of hydrogen-bond acceptors (Lipinski definition) is 0. The van der Waals surface area contributed by atoms with Crippen molar-refractivity contribution in [2.24, 2.45) is 0 Å². The third-order valence-electron chi connectivity index (χ3n) is 0.896. The lowest BCUT2D eigenvalue weighted by atomic mass is 10.3. The average Bonchev–Trinajstić information content (AvgIpc) is 1.62. The van der Waals surface area contributed by atoms with Crippen molar-refractivity contribution < 1.29 is 0 Å². The van der Waals surface area contributed by atoms with Crippen LogP contribution in [0.15, 0.2) is 0 Å². The Hall–Kier alpha value is 1.16. The fraction of sp³-hybridized carbons (Fsp3) is 1.00. The summed E-state index contributed by atoms with van der Waals surface area (Å²) in [6.45, 7) is 1.95. The summed E-state index contributed by atoms with van der Waals surface area (Å²) in [5.41, 5.74) is 0. The van der Waals surface area contributed by atoms with E-state index in [1.807, 2.05) is 6.92 Å². The minimum atomic E-state index is -1.19. The first-order valence-electron chi connectivity index (χ1n) is 2.66. The lowest BCUT2D eigenvalue weighted by Crippen LogP contribution is -2.10. The second kappa shape index (κ2) is 4.12. The molecule has 0 fully saturated rings. The highest BCUT2D eigenvalue weighted by Gasteiger charge is 2.22. The number of alkyl halides is 4. The summed E-state index contributed by atoms with van der Waals surface area (Å²) in [4.78, 5) is 0. The maximum atomic E-state index is 5.70. The molecule has 0 spiro atoms. The highest BCUT2D eigenvalue weighted by molar-refractivity contribution is 6.67. The van der Waals surface area contributed by atoms with Gasteiger partial charge in [0.25, 0.3) is 0 Å². The van der Waals surface area contributed by atoms with Crippen LogP contribution in [0.3, 0.4) is 0 Å². The predicted molar refractivity (Wildman–Crippen MR) is 44.8 cm³/mol. The van der Waals surface area contributed by atoms with Gasteiger partial charge in [0.15, 0.2) is 3.79 Å². The molecule has 56 valence electrons. The van der Waals surface area contributed by atoms with E-state index in [0.29, 0.717) is 6.42 Å². The molecule has 0 aromatic rings. The Morgan fingerprint density at radius 2 is 1.78 bits per heavy atom. The van der Waals surface area contributed by atoms with Gasteiger partial charge in [-0.1, -0.05) is 41.7 Å². The summed E-state index contributed by atoms with van der Waals surface area (Å²) in [6.07, 6.45) is 1.24. The van der Waals surface area contributed by atoms with E-state index in [4.69, 9.17) is 46.4 Å². The molecule has 4 heteroatoms. The summed E-state index contributed by atoms with van der Waals surface area (Å²) in [5.74, 6) is 0. The minimum absolute atomic E-state index is 0.0301. The molecule has 0 N–H and O–H groups in total. The lowest BCUT2D eigenvalue weighted by molar-refractivity contribution is 0.743. The van der Waals surface area contributed by atoms with Crippen LogP contribution in [0.25, 0.3) is 0 Å². The van der Waals surface area contributed by atoms with Gasteiger partial charge in [0.05, 0.1) is 0 Å². The van der Waals surface area contributed by atoms with Gasteiger partial charge in [-0.2, -0.15) is 0 Å². The molecule has 0 bridgehead atoms. The first-order valence-corrected chi connectivity index (χ1v) is 4.23. The van der Waals surface area contributed by atoms with Crippen LogP contribution in [0.4, 0.5) is 0 Å². The van der Waals surface area contributed by atoms with Crippen LogP contribution in [0, 0.1) is 0 Å². The van der Waals surface area contributed by atoms with Crippen LogP contribution < -0.4 is 0 Å². The molecular formula is C5H8Cl4. The van der Waals surface area contributed by atoms with E-state index in [9.17, 15) is 0 Å². The Kier molecular flexibility index (Phi) is 4.66. The van der Waals surface area contributed by atoms with Gasteiger partial charge in [-0.25, -0.2) is 0 Å². The predicted octanol–water partition coefficient (Wildman–Crippen LogP) is 3.76. The molecule has 0 saturated carbocycles. The quantitative estimate of drug-likeness (QED) is 0.608. The third kappa shape index (κ3) is 7.05. The Balaban J connectivity index is 3.47. The van der Waals surface area contributed by atoms with Crippen LogP contribution in [0.2, 0.25) is 0 Å². The molecule has 1 atom stereocenters. The maximum Gasteiger partial charge on any atom is 0.192 e. The molecule has 0 nitrogen and oxygen atoms in total. The summed E-state index contributed by atoms with van der Waals surface area (Å²) >= 11 is 22.1. The van der Waals surface area contributed by atoms with Gasteiger partial charge in [-0.3, -0.25) is 0 Å². The standard InChI is InChI=1S/C5H8Cl4/c1-2-4(6)3-5(7,8)9/h4H,2-3H2,1H3. The minimum Gasteiger partial charge on any atom is -0.123 e. The molecule has 0 rings (SSSR count). The number of halogens is 4. The highest BCUT2D eigenvalue weighted by atomic mass is 35.6. The molecule has 0 amide bonds. The van der Waals surface area contributed by atoms with E-state index in [1.54, 1.807) is 0 Å². The summed E-state index contributed by atoms with van der Waals surface area (Å²) < 4.78 is -1.19. The van der Waals surface area contributed by atoms with Gasteiger partial charge >= 0.3 is 0 Å².